The van der Waals surface area contributed by atoms with E-state index in [-0.39, 0.29) is 29.7 Å². The Morgan fingerprint density at radius 3 is 2.25 bits per heavy atom. The molecule has 2 aliphatic heterocycles. The van der Waals surface area contributed by atoms with Gasteiger partial charge in [-0.05, 0) is 42.7 Å². The minimum absolute atomic E-state index is 0.0530. The zero-order valence-corrected chi connectivity index (χ0v) is 19.1. The number of piperazine rings is 1. The fourth-order valence-electron chi connectivity index (χ4n) is 5.81. The van der Waals surface area contributed by atoms with Crippen LogP contribution in [0, 0.1) is 11.3 Å². The maximum absolute atomic E-state index is 13.3. The lowest BCUT2D eigenvalue weighted by Gasteiger charge is -2.43. The van der Waals surface area contributed by atoms with Crippen LogP contribution in [0.15, 0.2) is 30.3 Å². The topological polar surface area (TPSA) is 90.0 Å². The van der Waals surface area contributed by atoms with Crippen LogP contribution in [0.4, 0.5) is 4.79 Å². The third-order valence-corrected chi connectivity index (χ3v) is 6.86. The molecule has 4 rings (SSSR count). The number of benzene rings is 1. The monoisotopic (exact) mass is 440 g/mol. The lowest BCUT2D eigenvalue weighted by atomic mass is 9.64. The van der Waals surface area contributed by atoms with Crippen LogP contribution in [0.1, 0.15) is 50.4 Å². The second-order valence-electron chi connectivity index (χ2n) is 10.3. The molecule has 0 aromatic heterocycles. The average Bonchev–Trinajstić information content (AvgIpc) is 2.95. The summed E-state index contributed by atoms with van der Waals surface area (Å²) >= 11 is 0. The van der Waals surface area contributed by atoms with Crippen molar-refractivity contribution >= 4 is 23.8 Å². The zero-order valence-electron chi connectivity index (χ0n) is 19.1. The summed E-state index contributed by atoms with van der Waals surface area (Å²) in [6, 6.07) is 8.59. The van der Waals surface area contributed by atoms with Crippen molar-refractivity contribution in [3.8, 4) is 0 Å². The standard InChI is InChI=1S/C24H32N4O4/c1-17-13-23(2,3)16-24(14-17)21(31)28(22(32)25-24)15-19(29)26-9-11-27(12-10-26)20(30)18-7-5-4-6-8-18/h4-8,17H,9-16H2,1-3H3,(H,25,32). The smallest absolute Gasteiger partial charge is 0.325 e. The molecule has 1 aromatic carbocycles. The van der Waals surface area contributed by atoms with Gasteiger partial charge in [0.05, 0.1) is 0 Å². The molecule has 2 heterocycles. The van der Waals surface area contributed by atoms with Gasteiger partial charge in [0.25, 0.3) is 11.8 Å². The molecule has 0 bridgehead atoms. The van der Waals surface area contributed by atoms with E-state index in [1.807, 2.05) is 18.2 Å². The van der Waals surface area contributed by atoms with E-state index >= 15 is 0 Å². The molecule has 3 fully saturated rings. The molecule has 3 aliphatic rings. The molecular formula is C24H32N4O4. The fourth-order valence-corrected chi connectivity index (χ4v) is 5.81. The third kappa shape index (κ3) is 4.23. The van der Waals surface area contributed by atoms with E-state index in [9.17, 15) is 19.2 Å². The number of imide groups is 1. The summed E-state index contributed by atoms with van der Waals surface area (Å²) in [5, 5.41) is 2.92. The number of carbonyl (C=O) groups excluding carboxylic acids is 4. The van der Waals surface area contributed by atoms with Crippen molar-refractivity contribution in [3.05, 3.63) is 35.9 Å². The minimum Gasteiger partial charge on any atom is -0.338 e. The zero-order chi connectivity index (χ0) is 23.1. The highest BCUT2D eigenvalue weighted by atomic mass is 16.2. The van der Waals surface area contributed by atoms with Gasteiger partial charge in [0.15, 0.2) is 0 Å². The van der Waals surface area contributed by atoms with Crippen LogP contribution in [-0.2, 0) is 9.59 Å². The molecule has 1 aliphatic carbocycles. The number of carbonyl (C=O) groups is 4. The Labute approximate surface area is 188 Å². The van der Waals surface area contributed by atoms with E-state index in [0.717, 1.165) is 11.3 Å². The van der Waals surface area contributed by atoms with Crippen LogP contribution in [-0.4, -0.2) is 76.7 Å². The number of urea groups is 1. The molecule has 0 radical (unpaired) electrons. The number of hydrogen-bond donors (Lipinski definition) is 1. The normalized spacial score (nSPS) is 27.6. The van der Waals surface area contributed by atoms with Crippen molar-refractivity contribution in [2.45, 2.75) is 45.6 Å². The van der Waals surface area contributed by atoms with Gasteiger partial charge in [0, 0.05) is 31.7 Å². The summed E-state index contributed by atoms with van der Waals surface area (Å²) < 4.78 is 0. The SMILES string of the molecule is CC1CC(C)(C)CC2(C1)NC(=O)N(CC(=O)N1CCN(C(=O)c3ccccc3)CC1)C2=O. The predicted octanol–water partition coefficient (Wildman–Crippen LogP) is 2.11. The molecular weight excluding hydrogens is 408 g/mol. The maximum atomic E-state index is 13.3. The highest BCUT2D eigenvalue weighted by Crippen LogP contribution is 2.46. The van der Waals surface area contributed by atoms with Crippen LogP contribution >= 0.6 is 0 Å². The molecule has 5 amide bonds. The van der Waals surface area contributed by atoms with Gasteiger partial charge in [0.2, 0.25) is 5.91 Å². The summed E-state index contributed by atoms with van der Waals surface area (Å²) in [5.74, 6) is -0.287. The maximum Gasteiger partial charge on any atom is 0.325 e. The quantitative estimate of drug-likeness (QED) is 0.729. The molecule has 1 N–H and O–H groups in total. The van der Waals surface area contributed by atoms with Crippen LogP contribution in [0.3, 0.4) is 0 Å². The molecule has 1 aromatic rings. The molecule has 1 saturated carbocycles. The van der Waals surface area contributed by atoms with Gasteiger partial charge >= 0.3 is 6.03 Å². The van der Waals surface area contributed by atoms with E-state index in [2.05, 4.69) is 26.1 Å². The lowest BCUT2D eigenvalue weighted by Crippen LogP contribution is -2.55. The summed E-state index contributed by atoms with van der Waals surface area (Å²) in [5.41, 5.74) is -0.330. The van der Waals surface area contributed by atoms with Crippen molar-refractivity contribution in [1.82, 2.24) is 20.0 Å². The number of amides is 5. The van der Waals surface area contributed by atoms with Gasteiger partial charge in [0.1, 0.15) is 12.1 Å². The Kier molecular flexibility index (Phi) is 5.73. The van der Waals surface area contributed by atoms with Gasteiger partial charge in [-0.25, -0.2) is 4.79 Å². The van der Waals surface area contributed by atoms with E-state index in [0.29, 0.717) is 50.5 Å². The molecule has 2 atom stereocenters. The summed E-state index contributed by atoms with van der Waals surface area (Å²) in [6.45, 7) is 7.71. The number of rotatable bonds is 3. The van der Waals surface area contributed by atoms with E-state index < -0.39 is 11.6 Å². The van der Waals surface area contributed by atoms with Crippen molar-refractivity contribution in [2.75, 3.05) is 32.7 Å². The molecule has 1 spiro atoms. The third-order valence-electron chi connectivity index (χ3n) is 6.86. The average molecular weight is 441 g/mol. The van der Waals surface area contributed by atoms with Crippen LogP contribution in [0.2, 0.25) is 0 Å². The Morgan fingerprint density at radius 1 is 1.00 bits per heavy atom. The molecule has 172 valence electrons. The van der Waals surface area contributed by atoms with Gasteiger partial charge in [-0.1, -0.05) is 39.0 Å². The summed E-state index contributed by atoms with van der Waals surface area (Å²) in [4.78, 5) is 55.9. The van der Waals surface area contributed by atoms with Gasteiger partial charge in [-0.2, -0.15) is 0 Å². The lowest BCUT2D eigenvalue weighted by molar-refractivity contribution is -0.141. The Bertz CT molecular complexity index is 923. The van der Waals surface area contributed by atoms with Crippen molar-refractivity contribution in [3.63, 3.8) is 0 Å². The molecule has 2 unspecified atom stereocenters. The molecule has 8 heteroatoms. The van der Waals surface area contributed by atoms with Crippen LogP contribution in [0.5, 0.6) is 0 Å². The number of nitrogens with zero attached hydrogens (tertiary/aromatic N) is 3. The molecule has 32 heavy (non-hydrogen) atoms. The second-order valence-corrected chi connectivity index (χ2v) is 10.3. The van der Waals surface area contributed by atoms with Gasteiger partial charge in [-0.3, -0.25) is 19.3 Å². The summed E-state index contributed by atoms with van der Waals surface area (Å²) in [7, 11) is 0. The van der Waals surface area contributed by atoms with E-state index in [1.54, 1.807) is 21.9 Å². The van der Waals surface area contributed by atoms with Crippen molar-refractivity contribution in [2.24, 2.45) is 11.3 Å². The first-order chi connectivity index (χ1) is 15.1. The van der Waals surface area contributed by atoms with E-state index in [1.165, 1.54) is 0 Å². The fraction of sp³-hybridized carbons (Fsp3) is 0.583. The first-order valence-corrected chi connectivity index (χ1v) is 11.4. The van der Waals surface area contributed by atoms with Crippen molar-refractivity contribution < 1.29 is 19.2 Å². The van der Waals surface area contributed by atoms with Crippen molar-refractivity contribution in [1.29, 1.82) is 0 Å². The number of nitrogens with one attached hydrogen (secondary N) is 1. The van der Waals surface area contributed by atoms with Gasteiger partial charge < -0.3 is 15.1 Å². The highest BCUT2D eigenvalue weighted by molar-refractivity contribution is 6.09. The Balaban J connectivity index is 1.36. The summed E-state index contributed by atoms with van der Waals surface area (Å²) in [6.07, 6.45) is 2.19. The van der Waals surface area contributed by atoms with Gasteiger partial charge in [-0.15, -0.1) is 0 Å². The number of hydrogen-bond acceptors (Lipinski definition) is 4. The molecule has 2 saturated heterocycles. The predicted molar refractivity (Wildman–Crippen MR) is 119 cm³/mol. The minimum atomic E-state index is -0.903. The Hall–Kier alpha value is -2.90. The first-order valence-electron chi connectivity index (χ1n) is 11.4. The molecule has 8 nitrogen and oxygen atoms in total. The highest BCUT2D eigenvalue weighted by Gasteiger charge is 2.56. The largest absolute Gasteiger partial charge is 0.338 e. The first kappa shape index (κ1) is 22.3. The van der Waals surface area contributed by atoms with Crippen LogP contribution in [0.25, 0.3) is 0 Å². The van der Waals surface area contributed by atoms with Crippen LogP contribution < -0.4 is 5.32 Å². The van der Waals surface area contributed by atoms with E-state index in [4.69, 9.17) is 0 Å². The second kappa shape index (κ2) is 8.22. The Morgan fingerprint density at radius 2 is 1.62 bits per heavy atom.